The fourth-order valence-corrected chi connectivity index (χ4v) is 1.58. The van der Waals surface area contributed by atoms with E-state index < -0.39 is 18.2 Å². The van der Waals surface area contributed by atoms with Gasteiger partial charge in [0.2, 0.25) is 0 Å². The molecule has 0 radical (unpaired) electrons. The van der Waals surface area contributed by atoms with Gasteiger partial charge < -0.3 is 14.2 Å². The molecule has 2 N–H and O–H groups in total. The lowest BCUT2D eigenvalue weighted by atomic mass is 10.1. The Morgan fingerprint density at radius 3 is 1.73 bits per heavy atom. The molecule has 0 spiro atoms. The van der Waals surface area contributed by atoms with Crippen molar-refractivity contribution in [3.63, 3.8) is 0 Å². The molecule has 22 heavy (non-hydrogen) atoms. The number of hydrogen-bond acceptors (Lipinski definition) is 6. The normalized spacial score (nSPS) is 9.59. The molecular formula is C14H18N2O6. The smallest absolute Gasteiger partial charge is 0.411 e. The topological polar surface area (TPSA) is 103 Å². The molecule has 0 unspecified atom stereocenters. The number of hydrogen-bond donors (Lipinski definition) is 2. The van der Waals surface area contributed by atoms with E-state index in [-0.39, 0.29) is 30.2 Å². The predicted molar refractivity (Wildman–Crippen MR) is 79.1 cm³/mol. The first-order valence-electron chi connectivity index (χ1n) is 6.61. The van der Waals surface area contributed by atoms with Crippen LogP contribution in [0.25, 0.3) is 0 Å². The number of rotatable bonds is 5. The first kappa shape index (κ1) is 17.3. The molecule has 0 saturated heterocycles. The van der Waals surface area contributed by atoms with Gasteiger partial charge in [-0.3, -0.25) is 10.6 Å². The number of ether oxygens (including phenoxy) is 3. The van der Waals surface area contributed by atoms with Crippen LogP contribution in [0.2, 0.25) is 0 Å². The Hall–Kier alpha value is -2.77. The van der Waals surface area contributed by atoms with E-state index in [4.69, 9.17) is 9.47 Å². The average Bonchev–Trinajstić information content (AvgIpc) is 2.46. The summed E-state index contributed by atoms with van der Waals surface area (Å²) in [5.41, 5.74) is 0.699. The van der Waals surface area contributed by atoms with E-state index in [1.165, 1.54) is 25.3 Å². The second kappa shape index (κ2) is 8.50. The number of anilines is 2. The Morgan fingerprint density at radius 2 is 1.36 bits per heavy atom. The van der Waals surface area contributed by atoms with Gasteiger partial charge >= 0.3 is 18.2 Å². The van der Waals surface area contributed by atoms with Crippen molar-refractivity contribution in [1.82, 2.24) is 0 Å². The van der Waals surface area contributed by atoms with Gasteiger partial charge in [0.1, 0.15) is 0 Å². The standard InChI is InChI=1S/C14H18N2O6/c1-4-21-13(18)15-10-6-9(12(17)20-3)7-11(8-10)16-14(19)22-5-2/h6-8H,4-5H2,1-3H3,(H,15,18)(H,16,19). The predicted octanol–water partition coefficient (Wildman–Crippen LogP) is 2.61. The third-order valence-corrected chi connectivity index (χ3v) is 2.40. The molecule has 1 aromatic carbocycles. The highest BCUT2D eigenvalue weighted by Crippen LogP contribution is 2.20. The van der Waals surface area contributed by atoms with E-state index >= 15 is 0 Å². The molecule has 0 fully saturated rings. The summed E-state index contributed by atoms with van der Waals surface area (Å²) < 4.78 is 14.1. The Kier molecular flexibility index (Phi) is 6.68. The summed E-state index contributed by atoms with van der Waals surface area (Å²) in [6, 6.07) is 4.26. The van der Waals surface area contributed by atoms with E-state index in [1.807, 2.05) is 0 Å². The van der Waals surface area contributed by atoms with Gasteiger partial charge in [0, 0.05) is 11.4 Å². The minimum absolute atomic E-state index is 0.156. The maximum Gasteiger partial charge on any atom is 0.411 e. The number of esters is 1. The van der Waals surface area contributed by atoms with E-state index in [1.54, 1.807) is 13.8 Å². The first-order valence-corrected chi connectivity index (χ1v) is 6.61. The Bertz CT molecular complexity index is 520. The molecule has 0 atom stereocenters. The second-order valence-electron chi connectivity index (χ2n) is 3.98. The largest absolute Gasteiger partial charge is 0.465 e. The summed E-state index contributed by atoms with van der Waals surface area (Å²) in [4.78, 5) is 34.5. The van der Waals surface area contributed by atoms with Crippen LogP contribution < -0.4 is 10.6 Å². The van der Waals surface area contributed by atoms with Crippen LogP contribution in [0.5, 0.6) is 0 Å². The SMILES string of the molecule is CCOC(=O)Nc1cc(NC(=O)OCC)cc(C(=O)OC)c1. The van der Waals surface area contributed by atoms with Crippen molar-refractivity contribution < 1.29 is 28.6 Å². The highest BCUT2D eigenvalue weighted by Gasteiger charge is 2.12. The first-order chi connectivity index (χ1) is 10.5. The number of methoxy groups -OCH3 is 1. The van der Waals surface area contributed by atoms with Crippen molar-refractivity contribution in [2.75, 3.05) is 31.0 Å². The van der Waals surface area contributed by atoms with Crippen molar-refractivity contribution in [2.24, 2.45) is 0 Å². The lowest BCUT2D eigenvalue weighted by molar-refractivity contribution is 0.0600. The van der Waals surface area contributed by atoms with E-state index in [0.29, 0.717) is 0 Å². The number of nitrogens with one attached hydrogen (secondary N) is 2. The second-order valence-corrected chi connectivity index (χ2v) is 3.98. The molecule has 0 aromatic heterocycles. The highest BCUT2D eigenvalue weighted by molar-refractivity contribution is 5.96. The summed E-state index contributed by atoms with van der Waals surface area (Å²) in [6.07, 6.45) is -1.35. The van der Waals surface area contributed by atoms with Crippen LogP contribution >= 0.6 is 0 Å². The van der Waals surface area contributed by atoms with Crippen molar-refractivity contribution in [3.8, 4) is 0 Å². The molecule has 1 rings (SSSR count). The fourth-order valence-electron chi connectivity index (χ4n) is 1.58. The van der Waals surface area contributed by atoms with Crippen LogP contribution in [-0.4, -0.2) is 38.5 Å². The number of benzene rings is 1. The summed E-state index contributed by atoms with van der Waals surface area (Å²) in [6.45, 7) is 3.74. The molecule has 8 heteroatoms. The average molecular weight is 310 g/mol. The molecule has 1 aromatic rings. The lowest BCUT2D eigenvalue weighted by Crippen LogP contribution is -2.16. The van der Waals surface area contributed by atoms with Gasteiger partial charge in [0.05, 0.1) is 25.9 Å². The van der Waals surface area contributed by atoms with Gasteiger partial charge in [-0.05, 0) is 32.0 Å². The molecule has 0 saturated carbocycles. The minimum atomic E-state index is -0.674. The van der Waals surface area contributed by atoms with Crippen LogP contribution in [0.3, 0.4) is 0 Å². The summed E-state index contributed by atoms with van der Waals surface area (Å²) in [7, 11) is 1.23. The maximum atomic E-state index is 11.6. The van der Waals surface area contributed by atoms with Crippen LogP contribution in [0.15, 0.2) is 18.2 Å². The van der Waals surface area contributed by atoms with Crippen LogP contribution in [0.1, 0.15) is 24.2 Å². The van der Waals surface area contributed by atoms with Crippen LogP contribution in [0, 0.1) is 0 Å². The van der Waals surface area contributed by atoms with Crippen molar-refractivity contribution in [2.45, 2.75) is 13.8 Å². The maximum absolute atomic E-state index is 11.6. The lowest BCUT2D eigenvalue weighted by Gasteiger charge is -2.11. The zero-order valence-corrected chi connectivity index (χ0v) is 12.6. The zero-order chi connectivity index (χ0) is 16.5. The van der Waals surface area contributed by atoms with Gasteiger partial charge in [-0.15, -0.1) is 0 Å². The minimum Gasteiger partial charge on any atom is -0.465 e. The van der Waals surface area contributed by atoms with Gasteiger partial charge in [0.25, 0.3) is 0 Å². The Labute approximate surface area is 127 Å². The van der Waals surface area contributed by atoms with Crippen LogP contribution in [0.4, 0.5) is 21.0 Å². The molecule has 0 aliphatic rings. The van der Waals surface area contributed by atoms with Crippen molar-refractivity contribution in [3.05, 3.63) is 23.8 Å². The molecule has 120 valence electrons. The van der Waals surface area contributed by atoms with Gasteiger partial charge in [0.15, 0.2) is 0 Å². The van der Waals surface area contributed by atoms with E-state index in [9.17, 15) is 14.4 Å². The zero-order valence-electron chi connectivity index (χ0n) is 12.6. The molecule has 2 amide bonds. The number of amides is 2. The number of carbonyl (C=O) groups is 3. The molecule has 0 heterocycles. The van der Waals surface area contributed by atoms with Crippen molar-refractivity contribution >= 4 is 29.5 Å². The van der Waals surface area contributed by atoms with E-state index in [2.05, 4.69) is 15.4 Å². The Morgan fingerprint density at radius 1 is 0.909 bits per heavy atom. The van der Waals surface area contributed by atoms with Gasteiger partial charge in [-0.1, -0.05) is 0 Å². The molecule has 0 aliphatic heterocycles. The number of carbonyl (C=O) groups excluding carboxylic acids is 3. The van der Waals surface area contributed by atoms with Crippen LogP contribution in [-0.2, 0) is 14.2 Å². The summed E-state index contributed by atoms with van der Waals surface area (Å²) in [5, 5.41) is 4.89. The third kappa shape index (κ3) is 5.31. The highest BCUT2D eigenvalue weighted by atomic mass is 16.6. The molecule has 0 aliphatic carbocycles. The summed E-state index contributed by atoms with van der Waals surface area (Å²) in [5.74, 6) is -0.612. The molecule has 0 bridgehead atoms. The quantitative estimate of drug-likeness (QED) is 0.640. The Balaban J connectivity index is 3.02. The van der Waals surface area contributed by atoms with Crippen molar-refractivity contribution in [1.29, 1.82) is 0 Å². The monoisotopic (exact) mass is 310 g/mol. The van der Waals surface area contributed by atoms with Gasteiger partial charge in [-0.25, -0.2) is 14.4 Å². The third-order valence-electron chi connectivity index (χ3n) is 2.40. The molecular weight excluding hydrogens is 292 g/mol. The van der Waals surface area contributed by atoms with E-state index in [0.717, 1.165) is 0 Å². The van der Waals surface area contributed by atoms with Gasteiger partial charge in [-0.2, -0.15) is 0 Å². The fraction of sp³-hybridized carbons (Fsp3) is 0.357. The summed E-state index contributed by atoms with van der Waals surface area (Å²) >= 11 is 0. The molecule has 8 nitrogen and oxygen atoms in total.